The Kier molecular flexibility index (Phi) is 10.2. The molecule has 0 amide bonds. The Morgan fingerprint density at radius 1 is 1.46 bits per heavy atom. The first-order valence-corrected chi connectivity index (χ1v) is 3.95. The molecular formula is C7H16Cl2N2O2. The summed E-state index contributed by atoms with van der Waals surface area (Å²) in [5.41, 5.74) is 0. The van der Waals surface area contributed by atoms with Crippen molar-refractivity contribution in [3.05, 3.63) is 0 Å². The summed E-state index contributed by atoms with van der Waals surface area (Å²) in [5.74, 6) is -0.153. The predicted octanol–water partition coefficient (Wildman–Crippen LogP) is -0.0455. The molecular weight excluding hydrogens is 215 g/mol. The quantitative estimate of drug-likeness (QED) is 0.654. The van der Waals surface area contributed by atoms with Gasteiger partial charge in [-0.2, -0.15) is 0 Å². The number of piperazine rings is 1. The third-order valence-electron chi connectivity index (χ3n) is 1.61. The van der Waals surface area contributed by atoms with Gasteiger partial charge >= 0.3 is 5.97 Å². The molecule has 0 bridgehead atoms. The van der Waals surface area contributed by atoms with Gasteiger partial charge in [0, 0.05) is 19.6 Å². The lowest BCUT2D eigenvalue weighted by Gasteiger charge is -2.22. The molecule has 0 aromatic heterocycles. The SMILES string of the molecule is CCOC(=O)[C@@H]1CNCCN1.Cl.Cl. The van der Waals surface area contributed by atoms with Crippen LogP contribution in [-0.2, 0) is 9.53 Å². The second-order valence-electron chi connectivity index (χ2n) is 2.46. The largest absolute Gasteiger partial charge is 0.465 e. The fraction of sp³-hybridized carbons (Fsp3) is 0.857. The van der Waals surface area contributed by atoms with E-state index in [2.05, 4.69) is 10.6 Å². The minimum atomic E-state index is -0.153. The molecule has 1 aliphatic rings. The molecule has 1 atom stereocenters. The van der Waals surface area contributed by atoms with Crippen LogP contribution >= 0.6 is 24.8 Å². The van der Waals surface area contributed by atoms with Crippen LogP contribution in [0.15, 0.2) is 0 Å². The highest BCUT2D eigenvalue weighted by atomic mass is 35.5. The van der Waals surface area contributed by atoms with Crippen LogP contribution in [-0.4, -0.2) is 38.3 Å². The van der Waals surface area contributed by atoms with Crippen LogP contribution in [0.4, 0.5) is 0 Å². The highest BCUT2D eigenvalue weighted by Crippen LogP contribution is 1.90. The van der Waals surface area contributed by atoms with Crippen molar-refractivity contribution in [3.63, 3.8) is 0 Å². The van der Waals surface area contributed by atoms with Crippen molar-refractivity contribution in [1.29, 1.82) is 0 Å². The average molecular weight is 231 g/mol. The van der Waals surface area contributed by atoms with Gasteiger partial charge in [0.25, 0.3) is 0 Å². The van der Waals surface area contributed by atoms with Gasteiger partial charge in [-0.15, -0.1) is 24.8 Å². The Balaban J connectivity index is 0. The molecule has 1 fully saturated rings. The van der Waals surface area contributed by atoms with E-state index in [-0.39, 0.29) is 36.8 Å². The molecule has 1 rings (SSSR count). The van der Waals surface area contributed by atoms with Crippen LogP contribution < -0.4 is 10.6 Å². The number of rotatable bonds is 2. The summed E-state index contributed by atoms with van der Waals surface area (Å²) in [7, 11) is 0. The first-order chi connectivity index (χ1) is 5.34. The Morgan fingerprint density at radius 3 is 2.62 bits per heavy atom. The molecule has 0 unspecified atom stereocenters. The molecule has 0 aromatic carbocycles. The fourth-order valence-electron chi connectivity index (χ4n) is 1.06. The summed E-state index contributed by atoms with van der Waals surface area (Å²) in [5, 5.41) is 6.18. The van der Waals surface area contributed by atoms with Gasteiger partial charge in [-0.3, -0.25) is 4.79 Å². The van der Waals surface area contributed by atoms with E-state index in [1.165, 1.54) is 0 Å². The van der Waals surface area contributed by atoms with Gasteiger partial charge in [0.15, 0.2) is 0 Å². The van der Waals surface area contributed by atoms with Gasteiger partial charge in [0.2, 0.25) is 0 Å². The van der Waals surface area contributed by atoms with Crippen molar-refractivity contribution in [2.45, 2.75) is 13.0 Å². The van der Waals surface area contributed by atoms with E-state index in [9.17, 15) is 4.79 Å². The number of hydrogen-bond donors (Lipinski definition) is 2. The molecule has 13 heavy (non-hydrogen) atoms. The molecule has 0 aliphatic carbocycles. The normalized spacial score (nSPS) is 20.8. The maximum atomic E-state index is 11.1. The number of carbonyl (C=O) groups is 1. The topological polar surface area (TPSA) is 50.4 Å². The van der Waals surface area contributed by atoms with Crippen LogP contribution in [0.1, 0.15) is 6.92 Å². The van der Waals surface area contributed by atoms with Crippen molar-refractivity contribution >= 4 is 30.8 Å². The summed E-state index contributed by atoms with van der Waals surface area (Å²) in [6, 6.07) is -0.149. The molecule has 0 saturated carbocycles. The molecule has 0 spiro atoms. The Hall–Kier alpha value is -0.0300. The zero-order chi connectivity index (χ0) is 8.10. The third kappa shape index (κ3) is 5.31. The minimum Gasteiger partial charge on any atom is -0.465 e. The summed E-state index contributed by atoms with van der Waals surface area (Å²) in [6.45, 7) is 4.71. The number of nitrogens with one attached hydrogen (secondary N) is 2. The first kappa shape index (κ1) is 15.4. The molecule has 0 radical (unpaired) electrons. The van der Waals surface area contributed by atoms with Crippen molar-refractivity contribution in [3.8, 4) is 0 Å². The van der Waals surface area contributed by atoms with E-state index >= 15 is 0 Å². The molecule has 0 aromatic rings. The lowest BCUT2D eigenvalue weighted by Crippen LogP contribution is -2.52. The standard InChI is InChI=1S/C7H14N2O2.2ClH/c1-2-11-7(10)6-5-8-3-4-9-6;;/h6,8-9H,2-5H2,1H3;2*1H/t6-;;/m0../s1. The van der Waals surface area contributed by atoms with Crippen molar-refractivity contribution in [1.82, 2.24) is 10.6 Å². The predicted molar refractivity (Wildman–Crippen MR) is 55.8 cm³/mol. The Labute approximate surface area is 90.6 Å². The first-order valence-electron chi connectivity index (χ1n) is 3.95. The lowest BCUT2D eigenvalue weighted by atomic mass is 10.2. The zero-order valence-corrected chi connectivity index (χ0v) is 9.17. The van der Waals surface area contributed by atoms with Gasteiger partial charge in [-0.25, -0.2) is 0 Å². The number of halogens is 2. The number of esters is 1. The second-order valence-corrected chi connectivity index (χ2v) is 2.46. The maximum Gasteiger partial charge on any atom is 0.324 e. The number of carbonyl (C=O) groups excluding carboxylic acids is 1. The van der Waals surface area contributed by atoms with Crippen LogP contribution in [0, 0.1) is 0 Å². The molecule has 1 aliphatic heterocycles. The Morgan fingerprint density at radius 2 is 2.15 bits per heavy atom. The van der Waals surface area contributed by atoms with Crippen molar-refractivity contribution < 1.29 is 9.53 Å². The number of hydrogen-bond acceptors (Lipinski definition) is 4. The van der Waals surface area contributed by atoms with Crippen LogP contribution in [0.25, 0.3) is 0 Å². The summed E-state index contributed by atoms with van der Waals surface area (Å²) in [6.07, 6.45) is 0. The van der Waals surface area contributed by atoms with Crippen molar-refractivity contribution in [2.75, 3.05) is 26.2 Å². The van der Waals surface area contributed by atoms with E-state index in [1.54, 1.807) is 0 Å². The van der Waals surface area contributed by atoms with Gasteiger partial charge in [0.1, 0.15) is 6.04 Å². The van der Waals surface area contributed by atoms with E-state index < -0.39 is 0 Å². The lowest BCUT2D eigenvalue weighted by molar-refractivity contribution is -0.145. The Bertz CT molecular complexity index is 140. The summed E-state index contributed by atoms with van der Waals surface area (Å²) in [4.78, 5) is 11.1. The maximum absolute atomic E-state index is 11.1. The van der Waals surface area contributed by atoms with Gasteiger partial charge < -0.3 is 15.4 Å². The van der Waals surface area contributed by atoms with Gasteiger partial charge in [-0.1, -0.05) is 0 Å². The molecule has 1 saturated heterocycles. The van der Waals surface area contributed by atoms with Gasteiger partial charge in [0.05, 0.1) is 6.61 Å². The molecule has 2 N–H and O–H groups in total. The molecule has 6 heteroatoms. The molecule has 4 nitrogen and oxygen atoms in total. The summed E-state index contributed by atoms with van der Waals surface area (Å²) >= 11 is 0. The zero-order valence-electron chi connectivity index (χ0n) is 7.54. The number of ether oxygens (including phenoxy) is 1. The second kappa shape index (κ2) is 8.56. The molecule has 80 valence electrons. The highest BCUT2D eigenvalue weighted by molar-refractivity contribution is 5.85. The molecule has 1 heterocycles. The van der Waals surface area contributed by atoms with Crippen LogP contribution in [0.5, 0.6) is 0 Å². The van der Waals surface area contributed by atoms with E-state index in [0.717, 1.165) is 13.1 Å². The van der Waals surface area contributed by atoms with E-state index in [1.807, 2.05) is 6.92 Å². The van der Waals surface area contributed by atoms with Gasteiger partial charge in [-0.05, 0) is 6.92 Å². The monoisotopic (exact) mass is 230 g/mol. The van der Waals surface area contributed by atoms with E-state index in [4.69, 9.17) is 4.74 Å². The average Bonchev–Trinajstić information content (AvgIpc) is 2.07. The van der Waals surface area contributed by atoms with Crippen LogP contribution in [0.2, 0.25) is 0 Å². The minimum absolute atomic E-state index is 0. The highest BCUT2D eigenvalue weighted by Gasteiger charge is 2.20. The third-order valence-corrected chi connectivity index (χ3v) is 1.61. The summed E-state index contributed by atoms with van der Waals surface area (Å²) < 4.78 is 4.84. The van der Waals surface area contributed by atoms with E-state index in [0.29, 0.717) is 13.2 Å². The fourth-order valence-corrected chi connectivity index (χ4v) is 1.06. The van der Waals surface area contributed by atoms with Crippen LogP contribution in [0.3, 0.4) is 0 Å². The van der Waals surface area contributed by atoms with Crippen molar-refractivity contribution in [2.24, 2.45) is 0 Å². The smallest absolute Gasteiger partial charge is 0.324 e.